The SMILES string of the molecule is COC1OC(COC(=O)On2c(O)ccc2O)C(OC(=O)On2c(O)ccc2O)C(O)C1OC(=O)On1c(O)ccc1O. The van der Waals surface area contributed by atoms with E-state index in [4.69, 9.17) is 23.7 Å². The topological polar surface area (TPSA) is 281 Å². The minimum Gasteiger partial charge on any atom is -0.492 e. The third-order valence-corrected chi connectivity index (χ3v) is 5.57. The molecule has 3 aromatic heterocycles. The molecule has 0 radical (unpaired) electrons. The second-order valence-electron chi connectivity index (χ2n) is 8.30. The minimum absolute atomic E-state index is 0.247. The van der Waals surface area contributed by atoms with Crippen molar-refractivity contribution in [2.24, 2.45) is 0 Å². The van der Waals surface area contributed by atoms with E-state index < -0.39 is 91.1 Å². The van der Waals surface area contributed by atoms with Crippen LogP contribution in [0.4, 0.5) is 14.4 Å². The van der Waals surface area contributed by atoms with Crippen molar-refractivity contribution in [2.45, 2.75) is 30.7 Å². The predicted molar refractivity (Wildman–Crippen MR) is 127 cm³/mol. The van der Waals surface area contributed by atoms with E-state index in [1.54, 1.807) is 0 Å². The number of aliphatic hydroxyl groups is 1. The van der Waals surface area contributed by atoms with Crippen LogP contribution in [0.2, 0.25) is 0 Å². The number of aliphatic hydroxyl groups excluding tert-OH is 1. The molecule has 0 spiro atoms. The van der Waals surface area contributed by atoms with Gasteiger partial charge in [0.25, 0.3) is 0 Å². The molecule has 0 amide bonds. The molecule has 21 nitrogen and oxygen atoms in total. The summed E-state index contributed by atoms with van der Waals surface area (Å²) in [6.45, 7) is -0.876. The maximum atomic E-state index is 12.5. The Hall–Kier alpha value is -5.67. The van der Waals surface area contributed by atoms with E-state index >= 15 is 0 Å². The second kappa shape index (κ2) is 12.5. The van der Waals surface area contributed by atoms with Gasteiger partial charge in [0.15, 0.2) is 18.5 Å². The number of carbonyl (C=O) groups excluding carboxylic acids is 3. The van der Waals surface area contributed by atoms with Crippen LogP contribution in [0.1, 0.15) is 0 Å². The average molecular weight is 617 g/mol. The minimum atomic E-state index is -2.07. The van der Waals surface area contributed by atoms with Gasteiger partial charge in [0.2, 0.25) is 35.3 Å². The highest BCUT2D eigenvalue weighted by Gasteiger charge is 2.51. The summed E-state index contributed by atoms with van der Waals surface area (Å²) in [6.07, 6.45) is -14.0. The van der Waals surface area contributed by atoms with E-state index in [1.807, 2.05) is 0 Å². The van der Waals surface area contributed by atoms with Crippen molar-refractivity contribution in [3.8, 4) is 35.3 Å². The third-order valence-electron chi connectivity index (χ3n) is 5.57. The van der Waals surface area contributed by atoms with E-state index in [1.165, 1.54) is 0 Å². The molecule has 0 bridgehead atoms. The Bertz CT molecular complexity index is 1400. The third kappa shape index (κ3) is 6.64. The summed E-state index contributed by atoms with van der Waals surface area (Å²) in [6, 6.07) is 5.86. The molecule has 0 aliphatic carbocycles. The Morgan fingerprint density at radius 2 is 1.05 bits per heavy atom. The molecule has 5 unspecified atom stereocenters. The first-order valence-electron chi connectivity index (χ1n) is 11.7. The largest absolute Gasteiger partial charge is 0.534 e. The molecule has 1 aliphatic rings. The highest BCUT2D eigenvalue weighted by molar-refractivity contribution is 5.62. The lowest BCUT2D eigenvalue weighted by Crippen LogP contribution is -2.62. The van der Waals surface area contributed by atoms with Crippen molar-refractivity contribution in [3.05, 3.63) is 36.4 Å². The number of nitrogens with zero attached hydrogens (tertiary/aromatic N) is 3. The van der Waals surface area contributed by atoms with Gasteiger partial charge in [-0.3, -0.25) is 14.5 Å². The van der Waals surface area contributed by atoms with Gasteiger partial charge in [-0.1, -0.05) is 0 Å². The quantitative estimate of drug-likeness (QED) is 0.116. The van der Waals surface area contributed by atoms with Crippen molar-refractivity contribution in [3.63, 3.8) is 0 Å². The molecule has 1 fully saturated rings. The van der Waals surface area contributed by atoms with Crippen LogP contribution in [0, 0.1) is 0 Å². The van der Waals surface area contributed by atoms with Gasteiger partial charge in [-0.25, -0.2) is 14.4 Å². The number of aromatic hydroxyl groups is 6. The fraction of sp³-hybridized carbons (Fsp3) is 0.318. The highest BCUT2D eigenvalue weighted by atomic mass is 16.9. The van der Waals surface area contributed by atoms with E-state index in [0.717, 1.165) is 43.5 Å². The van der Waals surface area contributed by atoms with Gasteiger partial charge < -0.3 is 59.4 Å². The van der Waals surface area contributed by atoms with Gasteiger partial charge in [-0.15, -0.1) is 14.2 Å². The number of ether oxygens (including phenoxy) is 5. The van der Waals surface area contributed by atoms with Crippen LogP contribution in [0.5, 0.6) is 35.3 Å². The monoisotopic (exact) mass is 617 g/mol. The van der Waals surface area contributed by atoms with E-state index in [0.29, 0.717) is 4.73 Å². The zero-order chi connectivity index (χ0) is 31.4. The Balaban J connectivity index is 1.51. The molecule has 0 aromatic carbocycles. The summed E-state index contributed by atoms with van der Waals surface area (Å²) < 4.78 is 26.4. The van der Waals surface area contributed by atoms with Crippen LogP contribution in [0.15, 0.2) is 36.4 Å². The van der Waals surface area contributed by atoms with Crippen molar-refractivity contribution >= 4 is 18.5 Å². The molecule has 0 saturated carbocycles. The Kier molecular flexibility index (Phi) is 8.78. The Morgan fingerprint density at radius 3 is 1.44 bits per heavy atom. The smallest absolute Gasteiger partial charge is 0.492 e. The Labute approximate surface area is 237 Å². The lowest BCUT2D eigenvalue weighted by atomic mass is 9.99. The molecule has 3 aromatic rings. The summed E-state index contributed by atoms with van der Waals surface area (Å²) in [5, 5.41) is 68.9. The number of hydrogen-bond donors (Lipinski definition) is 7. The number of hydrogen-bond acceptors (Lipinski definition) is 18. The van der Waals surface area contributed by atoms with Crippen molar-refractivity contribution in [1.82, 2.24) is 14.2 Å². The summed E-state index contributed by atoms with van der Waals surface area (Å²) in [7, 11) is 1.06. The normalized spacial score (nSPS) is 21.5. The number of rotatable bonds is 8. The van der Waals surface area contributed by atoms with Crippen LogP contribution in [0.3, 0.4) is 0 Å². The predicted octanol–water partition coefficient (Wildman–Crippen LogP) is -1.11. The first-order chi connectivity index (χ1) is 20.4. The van der Waals surface area contributed by atoms with Crippen molar-refractivity contribution in [1.29, 1.82) is 0 Å². The molecule has 43 heavy (non-hydrogen) atoms. The molecule has 5 atom stereocenters. The molecule has 1 saturated heterocycles. The molecular weight excluding hydrogens is 594 g/mol. The van der Waals surface area contributed by atoms with Gasteiger partial charge in [-0.05, 0) is 0 Å². The van der Waals surface area contributed by atoms with Crippen LogP contribution in [0.25, 0.3) is 0 Å². The fourth-order valence-electron chi connectivity index (χ4n) is 3.64. The lowest BCUT2D eigenvalue weighted by molar-refractivity contribution is -0.296. The molecule has 4 rings (SSSR count). The zero-order valence-electron chi connectivity index (χ0n) is 21.5. The van der Waals surface area contributed by atoms with Gasteiger partial charge in [-0.2, -0.15) is 0 Å². The van der Waals surface area contributed by atoms with Gasteiger partial charge in [0.1, 0.15) is 18.8 Å². The summed E-state index contributed by atoms with van der Waals surface area (Å²) in [5.41, 5.74) is 0. The highest BCUT2D eigenvalue weighted by Crippen LogP contribution is 2.29. The van der Waals surface area contributed by atoms with Gasteiger partial charge in [0.05, 0.1) is 0 Å². The molecule has 234 valence electrons. The van der Waals surface area contributed by atoms with E-state index in [2.05, 4.69) is 14.5 Å². The first kappa shape index (κ1) is 30.3. The maximum absolute atomic E-state index is 12.5. The first-order valence-corrected chi connectivity index (χ1v) is 11.7. The van der Waals surface area contributed by atoms with Crippen LogP contribution in [-0.4, -0.2) is 113 Å². The van der Waals surface area contributed by atoms with E-state index in [-0.39, 0.29) is 9.46 Å². The van der Waals surface area contributed by atoms with Crippen molar-refractivity contribution in [2.75, 3.05) is 13.7 Å². The van der Waals surface area contributed by atoms with Crippen LogP contribution >= 0.6 is 0 Å². The molecule has 1 aliphatic heterocycles. The summed E-state index contributed by atoms with van der Waals surface area (Å²) >= 11 is 0. The summed E-state index contributed by atoms with van der Waals surface area (Å²) in [4.78, 5) is 51.0. The van der Waals surface area contributed by atoms with E-state index in [9.17, 15) is 50.1 Å². The Morgan fingerprint density at radius 1 is 0.674 bits per heavy atom. The average Bonchev–Trinajstić information content (AvgIpc) is 3.57. The van der Waals surface area contributed by atoms with Crippen molar-refractivity contribution < 1.29 is 88.3 Å². The van der Waals surface area contributed by atoms with Gasteiger partial charge in [0, 0.05) is 43.5 Å². The van der Waals surface area contributed by atoms with Gasteiger partial charge >= 0.3 is 18.5 Å². The standard InChI is InChI=1S/C22H23N3O18/c1-36-19-18(40-22(35)43-25-14(30)6-7-15(25)31)16(32)17(39-21(34)42-24-12(28)4-5-13(24)29)9(38-19)8-37-20(33)41-23-10(26)2-3-11(23)27/h2-7,9,16-19,26-32H,8H2,1H3. The molecule has 7 N–H and O–H groups in total. The number of carbonyl (C=O) groups is 3. The molecule has 4 heterocycles. The fourth-order valence-corrected chi connectivity index (χ4v) is 3.64. The molecular formula is C22H23N3O18. The zero-order valence-corrected chi connectivity index (χ0v) is 21.5. The maximum Gasteiger partial charge on any atom is 0.534 e. The summed E-state index contributed by atoms with van der Waals surface area (Å²) in [5.74, 6) is -4.21. The molecule has 21 heteroatoms. The second-order valence-corrected chi connectivity index (χ2v) is 8.30. The number of aromatic nitrogens is 3. The van der Waals surface area contributed by atoms with Crippen LogP contribution < -0.4 is 14.5 Å². The lowest BCUT2D eigenvalue weighted by Gasteiger charge is -2.41. The van der Waals surface area contributed by atoms with Crippen LogP contribution in [-0.2, 0) is 23.7 Å². The number of methoxy groups -OCH3 is 1.